The first-order valence-corrected chi connectivity index (χ1v) is 9.94. The molecule has 1 aromatic carbocycles. The second kappa shape index (κ2) is 13.5. The van der Waals surface area contributed by atoms with Crippen LogP contribution in [-0.2, 0) is 4.79 Å². The number of aliphatic imine (C=N–C) groups is 1. The molecular weight excluding hydrogens is 507 g/mol. The molecule has 1 aliphatic heterocycles. The van der Waals surface area contributed by atoms with Gasteiger partial charge in [-0.15, -0.1) is 24.0 Å². The molecule has 1 heterocycles. The van der Waals surface area contributed by atoms with E-state index < -0.39 is 6.61 Å². The summed E-state index contributed by atoms with van der Waals surface area (Å²) in [5, 5.41) is 6.63. The minimum Gasteiger partial charge on any atom is -0.433 e. The van der Waals surface area contributed by atoms with Crippen LogP contribution >= 0.6 is 24.0 Å². The van der Waals surface area contributed by atoms with Crippen molar-refractivity contribution < 1.29 is 18.3 Å². The molecule has 1 fully saturated rings. The average molecular weight is 539 g/mol. The smallest absolute Gasteiger partial charge is 0.387 e. The lowest BCUT2D eigenvalue weighted by Gasteiger charge is -2.22. The SMILES string of the molecule is CCCCNC(=NCC(=O)N(C)C)NC1CCN(c2ccccc2OC(F)F)C1.I. The second-order valence-electron chi connectivity index (χ2n) is 7.16. The Labute approximate surface area is 194 Å². The van der Waals surface area contributed by atoms with Crippen molar-refractivity contribution in [2.75, 3.05) is 45.2 Å². The molecule has 2 N–H and O–H groups in total. The number of anilines is 1. The van der Waals surface area contributed by atoms with Crippen molar-refractivity contribution in [1.29, 1.82) is 0 Å². The summed E-state index contributed by atoms with van der Waals surface area (Å²) in [6, 6.07) is 6.90. The van der Waals surface area contributed by atoms with E-state index in [1.807, 2.05) is 4.90 Å². The molecule has 30 heavy (non-hydrogen) atoms. The van der Waals surface area contributed by atoms with Gasteiger partial charge in [0.05, 0.1) is 5.69 Å². The summed E-state index contributed by atoms with van der Waals surface area (Å²) < 4.78 is 30.0. The van der Waals surface area contributed by atoms with Gasteiger partial charge < -0.3 is 25.2 Å². The molecule has 1 aromatic rings. The zero-order valence-corrected chi connectivity index (χ0v) is 20.1. The third kappa shape index (κ3) is 8.49. The zero-order chi connectivity index (χ0) is 21.2. The Morgan fingerprint density at radius 1 is 1.37 bits per heavy atom. The topological polar surface area (TPSA) is 69.2 Å². The van der Waals surface area contributed by atoms with Gasteiger partial charge in [0.25, 0.3) is 0 Å². The summed E-state index contributed by atoms with van der Waals surface area (Å²) in [6.45, 7) is 1.41. The monoisotopic (exact) mass is 539 g/mol. The number of unbranched alkanes of at least 4 members (excludes halogenated alkanes) is 1. The van der Waals surface area contributed by atoms with E-state index in [4.69, 9.17) is 0 Å². The fourth-order valence-electron chi connectivity index (χ4n) is 3.03. The highest BCUT2D eigenvalue weighted by Gasteiger charge is 2.26. The molecule has 0 spiro atoms. The molecule has 0 saturated carbocycles. The molecule has 7 nitrogen and oxygen atoms in total. The highest BCUT2D eigenvalue weighted by molar-refractivity contribution is 14.0. The number of likely N-dealkylation sites (N-methyl/N-ethyl adjacent to an activating group) is 1. The summed E-state index contributed by atoms with van der Waals surface area (Å²) in [7, 11) is 3.40. The number of nitrogens with one attached hydrogen (secondary N) is 2. The van der Waals surface area contributed by atoms with Crippen molar-refractivity contribution in [2.45, 2.75) is 38.8 Å². The number of rotatable bonds is 9. The Hall–Kier alpha value is -1.85. The number of hydrogen-bond acceptors (Lipinski definition) is 4. The largest absolute Gasteiger partial charge is 0.433 e. The maximum Gasteiger partial charge on any atom is 0.387 e. The highest BCUT2D eigenvalue weighted by atomic mass is 127. The Balaban J connectivity index is 0.00000450. The van der Waals surface area contributed by atoms with Gasteiger partial charge in [-0.2, -0.15) is 8.78 Å². The van der Waals surface area contributed by atoms with Gasteiger partial charge in [-0.05, 0) is 25.0 Å². The number of carbonyl (C=O) groups excluding carboxylic acids is 1. The maximum absolute atomic E-state index is 12.7. The van der Waals surface area contributed by atoms with Gasteiger partial charge in [0.15, 0.2) is 5.96 Å². The molecule has 1 saturated heterocycles. The van der Waals surface area contributed by atoms with Crippen molar-refractivity contribution in [2.24, 2.45) is 4.99 Å². The molecule has 2 rings (SSSR count). The first-order chi connectivity index (χ1) is 13.9. The molecular formula is C20H32F2IN5O2. The zero-order valence-electron chi connectivity index (χ0n) is 17.7. The Morgan fingerprint density at radius 2 is 2.10 bits per heavy atom. The number of halogens is 3. The summed E-state index contributed by atoms with van der Waals surface area (Å²) in [5.74, 6) is 0.694. The van der Waals surface area contributed by atoms with E-state index in [-0.39, 0.29) is 48.2 Å². The van der Waals surface area contributed by atoms with E-state index in [2.05, 4.69) is 27.3 Å². The lowest BCUT2D eigenvalue weighted by atomic mass is 10.2. The van der Waals surface area contributed by atoms with Crippen LogP contribution in [0.4, 0.5) is 14.5 Å². The van der Waals surface area contributed by atoms with Crippen molar-refractivity contribution in [1.82, 2.24) is 15.5 Å². The minimum atomic E-state index is -2.86. The van der Waals surface area contributed by atoms with E-state index in [1.165, 1.54) is 4.90 Å². The van der Waals surface area contributed by atoms with Crippen LogP contribution in [-0.4, -0.2) is 69.7 Å². The summed E-state index contributed by atoms with van der Waals surface area (Å²) in [6.07, 6.45) is 2.87. The van der Waals surface area contributed by atoms with E-state index in [0.717, 1.165) is 25.8 Å². The average Bonchev–Trinajstić information content (AvgIpc) is 3.14. The van der Waals surface area contributed by atoms with Crippen LogP contribution in [0.25, 0.3) is 0 Å². The number of alkyl halides is 2. The predicted octanol–water partition coefficient (Wildman–Crippen LogP) is 2.91. The molecule has 170 valence electrons. The first kappa shape index (κ1) is 26.2. The molecule has 0 bridgehead atoms. The maximum atomic E-state index is 12.7. The highest BCUT2D eigenvalue weighted by Crippen LogP contribution is 2.31. The second-order valence-corrected chi connectivity index (χ2v) is 7.16. The lowest BCUT2D eigenvalue weighted by Crippen LogP contribution is -2.45. The normalized spacial score (nSPS) is 16.3. The molecule has 0 aromatic heterocycles. The fraction of sp³-hybridized carbons (Fsp3) is 0.600. The molecule has 1 aliphatic rings. The van der Waals surface area contributed by atoms with Gasteiger partial charge >= 0.3 is 6.61 Å². The number of carbonyl (C=O) groups is 1. The number of para-hydroxylation sites is 2. The van der Waals surface area contributed by atoms with Gasteiger partial charge in [-0.3, -0.25) is 4.79 Å². The van der Waals surface area contributed by atoms with Crippen molar-refractivity contribution in [3.63, 3.8) is 0 Å². The van der Waals surface area contributed by atoms with Crippen LogP contribution in [0.1, 0.15) is 26.2 Å². The van der Waals surface area contributed by atoms with Crippen LogP contribution in [0, 0.1) is 0 Å². The number of guanidine groups is 1. The fourth-order valence-corrected chi connectivity index (χ4v) is 3.03. The number of nitrogens with zero attached hydrogens (tertiary/aromatic N) is 3. The van der Waals surface area contributed by atoms with Gasteiger partial charge in [-0.1, -0.05) is 25.5 Å². The number of ether oxygens (including phenoxy) is 1. The third-order valence-corrected chi connectivity index (χ3v) is 4.65. The molecule has 0 radical (unpaired) electrons. The van der Waals surface area contributed by atoms with Crippen LogP contribution in [0.5, 0.6) is 5.75 Å². The quantitative estimate of drug-likeness (QED) is 0.219. The third-order valence-electron chi connectivity index (χ3n) is 4.65. The van der Waals surface area contributed by atoms with Gasteiger partial charge in [-0.25, -0.2) is 4.99 Å². The van der Waals surface area contributed by atoms with Crippen LogP contribution in [0.2, 0.25) is 0 Å². The first-order valence-electron chi connectivity index (χ1n) is 9.94. The Morgan fingerprint density at radius 3 is 2.77 bits per heavy atom. The lowest BCUT2D eigenvalue weighted by molar-refractivity contribution is -0.127. The van der Waals surface area contributed by atoms with Crippen molar-refractivity contribution in [3.05, 3.63) is 24.3 Å². The number of amides is 1. The van der Waals surface area contributed by atoms with Gasteiger partial charge in [0.1, 0.15) is 12.3 Å². The molecule has 0 aliphatic carbocycles. The number of benzene rings is 1. The van der Waals surface area contributed by atoms with E-state index >= 15 is 0 Å². The molecule has 1 atom stereocenters. The number of hydrogen-bond donors (Lipinski definition) is 2. The summed E-state index contributed by atoms with van der Waals surface area (Å²) in [4.78, 5) is 19.8. The summed E-state index contributed by atoms with van der Waals surface area (Å²) in [5.41, 5.74) is 0.650. The molecule has 10 heteroatoms. The van der Waals surface area contributed by atoms with Crippen LogP contribution in [0.3, 0.4) is 0 Å². The Kier molecular flexibility index (Phi) is 11.7. The molecule has 1 unspecified atom stereocenters. The van der Waals surface area contributed by atoms with E-state index in [0.29, 0.717) is 24.7 Å². The van der Waals surface area contributed by atoms with Crippen LogP contribution in [0.15, 0.2) is 29.3 Å². The van der Waals surface area contributed by atoms with Crippen molar-refractivity contribution in [3.8, 4) is 5.75 Å². The summed E-state index contributed by atoms with van der Waals surface area (Å²) >= 11 is 0. The van der Waals surface area contributed by atoms with Crippen molar-refractivity contribution >= 4 is 41.5 Å². The van der Waals surface area contributed by atoms with Gasteiger partial charge in [0.2, 0.25) is 5.91 Å². The van der Waals surface area contributed by atoms with Crippen LogP contribution < -0.4 is 20.3 Å². The standard InChI is InChI=1S/C20H31F2N5O2.HI/c1-4-5-11-23-20(24-13-18(28)26(2)3)25-15-10-12-27(14-15)16-8-6-7-9-17(16)29-19(21)22;/h6-9,15,19H,4-5,10-14H2,1-3H3,(H2,23,24,25);1H. The molecule has 1 amide bonds. The Bertz CT molecular complexity index is 691. The predicted molar refractivity (Wildman–Crippen MR) is 126 cm³/mol. The minimum absolute atomic E-state index is 0. The van der Waals surface area contributed by atoms with Gasteiger partial charge in [0, 0.05) is 39.8 Å². The van der Waals surface area contributed by atoms with E-state index in [1.54, 1.807) is 38.4 Å². The van der Waals surface area contributed by atoms with E-state index in [9.17, 15) is 13.6 Å².